The Morgan fingerprint density at radius 1 is 1.25 bits per heavy atom. The summed E-state index contributed by atoms with van der Waals surface area (Å²) in [6.45, 7) is 8.63. The van der Waals surface area contributed by atoms with Crippen LogP contribution in [0.5, 0.6) is 0 Å². The number of Topliss-reactive ketones (excluding diaryl/α,β-unsaturated/α-hetero) is 1. The van der Waals surface area contributed by atoms with Crippen LogP contribution in [0.15, 0.2) is 30.3 Å². The number of rotatable bonds is 2. The van der Waals surface area contributed by atoms with Gasteiger partial charge in [0.15, 0.2) is 5.78 Å². The van der Waals surface area contributed by atoms with Crippen LogP contribution in [0.4, 0.5) is 5.82 Å². The minimum Gasteiger partial charge on any atom is -0.351 e. The third-order valence-corrected chi connectivity index (χ3v) is 6.24. The van der Waals surface area contributed by atoms with Crippen LogP contribution in [-0.2, 0) is 11.2 Å². The number of anilines is 1. The second-order valence-electron chi connectivity index (χ2n) is 9.18. The lowest BCUT2D eigenvalue weighted by atomic mass is 9.62. The highest BCUT2D eigenvalue weighted by Gasteiger charge is 2.56. The van der Waals surface area contributed by atoms with Crippen LogP contribution in [0.3, 0.4) is 0 Å². The van der Waals surface area contributed by atoms with Crippen LogP contribution in [-0.4, -0.2) is 28.2 Å². The number of hydrogen-bond donors (Lipinski definition) is 0. The van der Waals surface area contributed by atoms with Crippen LogP contribution in [0.2, 0.25) is 0 Å². The third kappa shape index (κ3) is 2.66. The lowest BCUT2D eigenvalue weighted by molar-refractivity contribution is -0.135. The van der Waals surface area contributed by atoms with Gasteiger partial charge < -0.3 is 4.90 Å². The summed E-state index contributed by atoms with van der Waals surface area (Å²) in [5.41, 5.74) is 1.40. The Bertz CT molecular complexity index is 947. The van der Waals surface area contributed by atoms with Crippen molar-refractivity contribution in [3.8, 4) is 11.8 Å². The number of carbonyl (C=O) groups is 1. The Morgan fingerprint density at radius 3 is 2.61 bits per heavy atom. The average Bonchev–Trinajstić information content (AvgIpc) is 3.03. The van der Waals surface area contributed by atoms with Gasteiger partial charge >= 0.3 is 0 Å². The van der Waals surface area contributed by atoms with Gasteiger partial charge in [0.25, 0.3) is 0 Å². The summed E-state index contributed by atoms with van der Waals surface area (Å²) in [6.07, 6.45) is 3.44. The van der Waals surface area contributed by atoms with Crippen LogP contribution >= 0.6 is 0 Å². The number of para-hydroxylation sites is 1. The van der Waals surface area contributed by atoms with E-state index in [0.29, 0.717) is 6.42 Å². The SMILES string of the molecule is Cc1nn(-c2ccccc2)c2c1C[C@](C#N)(C(=O)C(C)(C)C)[C@H]1CCCCN21. The second-order valence-corrected chi connectivity index (χ2v) is 9.18. The maximum absolute atomic E-state index is 13.5. The molecular weight excluding hydrogens is 348 g/mol. The lowest BCUT2D eigenvalue weighted by Crippen LogP contribution is -2.60. The first kappa shape index (κ1) is 18.7. The molecule has 0 spiro atoms. The zero-order valence-electron chi connectivity index (χ0n) is 17.2. The number of ketones is 1. The van der Waals surface area contributed by atoms with E-state index in [1.165, 1.54) is 0 Å². The van der Waals surface area contributed by atoms with Crippen molar-refractivity contribution in [2.75, 3.05) is 11.4 Å². The summed E-state index contributed by atoms with van der Waals surface area (Å²) in [7, 11) is 0. The standard InChI is InChI=1S/C23H28N4O/c1-16-18-14-23(15-24,21(28)22(2,3)4)19-12-8-9-13-26(19)20(18)27(25-16)17-10-6-5-7-11-17/h5-7,10-11,19H,8-9,12-14H2,1-4H3/t19-,23-/m1/s1. The minimum absolute atomic E-state index is 0.0527. The summed E-state index contributed by atoms with van der Waals surface area (Å²) < 4.78 is 2.01. The van der Waals surface area contributed by atoms with E-state index >= 15 is 0 Å². The van der Waals surface area contributed by atoms with Gasteiger partial charge in [-0.3, -0.25) is 4.79 Å². The summed E-state index contributed by atoms with van der Waals surface area (Å²) in [6, 6.07) is 12.5. The Balaban J connectivity index is 1.93. The van der Waals surface area contributed by atoms with E-state index < -0.39 is 10.8 Å². The molecule has 2 aliphatic rings. The molecule has 1 fully saturated rings. The Kier molecular flexibility index (Phi) is 4.33. The highest BCUT2D eigenvalue weighted by atomic mass is 16.1. The number of nitrogens with zero attached hydrogens (tertiary/aromatic N) is 4. The molecule has 1 aromatic heterocycles. The van der Waals surface area contributed by atoms with Crippen molar-refractivity contribution >= 4 is 11.6 Å². The molecule has 0 radical (unpaired) electrons. The molecule has 1 saturated heterocycles. The van der Waals surface area contributed by atoms with Crippen molar-refractivity contribution in [2.24, 2.45) is 10.8 Å². The molecule has 0 bridgehead atoms. The molecule has 2 aliphatic heterocycles. The van der Waals surface area contributed by atoms with Crippen LogP contribution < -0.4 is 4.90 Å². The summed E-state index contributed by atoms with van der Waals surface area (Å²) in [5, 5.41) is 15.2. The van der Waals surface area contributed by atoms with Crippen molar-refractivity contribution in [1.82, 2.24) is 9.78 Å². The number of benzene rings is 1. The first-order valence-corrected chi connectivity index (χ1v) is 10.2. The summed E-state index contributed by atoms with van der Waals surface area (Å²) >= 11 is 0. The fraction of sp³-hybridized carbons (Fsp3) is 0.522. The molecule has 3 heterocycles. The van der Waals surface area contributed by atoms with Gasteiger partial charge in [-0.15, -0.1) is 0 Å². The molecular formula is C23H28N4O. The maximum Gasteiger partial charge on any atom is 0.160 e. The van der Waals surface area contributed by atoms with Gasteiger partial charge in [-0.05, 0) is 38.3 Å². The monoisotopic (exact) mass is 376 g/mol. The van der Waals surface area contributed by atoms with Gasteiger partial charge in [0.1, 0.15) is 11.2 Å². The van der Waals surface area contributed by atoms with Crippen molar-refractivity contribution in [3.05, 3.63) is 41.6 Å². The van der Waals surface area contributed by atoms with E-state index in [4.69, 9.17) is 5.10 Å². The normalized spacial score (nSPS) is 24.2. The largest absolute Gasteiger partial charge is 0.351 e. The Hall–Kier alpha value is -2.61. The number of hydrogen-bond acceptors (Lipinski definition) is 4. The lowest BCUT2D eigenvalue weighted by Gasteiger charge is -2.50. The van der Waals surface area contributed by atoms with E-state index in [9.17, 15) is 10.1 Å². The number of nitriles is 1. The Labute approximate surface area is 167 Å². The van der Waals surface area contributed by atoms with Gasteiger partial charge in [-0.2, -0.15) is 10.4 Å². The van der Waals surface area contributed by atoms with Gasteiger partial charge in [0.05, 0.1) is 23.5 Å². The molecule has 28 heavy (non-hydrogen) atoms. The number of carbonyl (C=O) groups excluding carboxylic acids is 1. The fourth-order valence-corrected chi connectivity index (χ4v) is 4.96. The maximum atomic E-state index is 13.5. The zero-order chi connectivity index (χ0) is 20.1. The molecule has 2 atom stereocenters. The first-order chi connectivity index (χ1) is 13.3. The van der Waals surface area contributed by atoms with Crippen LogP contribution in [0.1, 0.15) is 51.3 Å². The molecule has 0 amide bonds. The van der Waals surface area contributed by atoms with E-state index in [-0.39, 0.29) is 11.8 Å². The molecule has 0 saturated carbocycles. The van der Waals surface area contributed by atoms with E-state index in [0.717, 1.165) is 48.6 Å². The Morgan fingerprint density at radius 2 is 1.96 bits per heavy atom. The minimum atomic E-state index is -1.01. The molecule has 5 heteroatoms. The van der Waals surface area contributed by atoms with E-state index in [1.54, 1.807) is 0 Å². The van der Waals surface area contributed by atoms with Crippen LogP contribution in [0, 0.1) is 29.1 Å². The van der Waals surface area contributed by atoms with Crippen LogP contribution in [0.25, 0.3) is 5.69 Å². The van der Waals surface area contributed by atoms with E-state index in [2.05, 4.69) is 23.1 Å². The molecule has 0 aliphatic carbocycles. The summed E-state index contributed by atoms with van der Waals surface area (Å²) in [5.74, 6) is 1.12. The summed E-state index contributed by atoms with van der Waals surface area (Å²) in [4.78, 5) is 15.9. The van der Waals surface area contributed by atoms with E-state index in [1.807, 2.05) is 50.6 Å². The molecule has 5 nitrogen and oxygen atoms in total. The first-order valence-electron chi connectivity index (χ1n) is 10.2. The average molecular weight is 377 g/mol. The second kappa shape index (κ2) is 6.48. The van der Waals surface area contributed by atoms with Crippen molar-refractivity contribution < 1.29 is 4.79 Å². The molecule has 0 N–H and O–H groups in total. The predicted molar refractivity (Wildman–Crippen MR) is 109 cm³/mol. The van der Waals surface area contributed by atoms with Gasteiger partial charge in [-0.1, -0.05) is 39.0 Å². The van der Waals surface area contributed by atoms with Crippen molar-refractivity contribution in [3.63, 3.8) is 0 Å². The number of aryl methyl sites for hydroxylation is 1. The number of piperidine rings is 1. The third-order valence-electron chi connectivity index (χ3n) is 6.24. The van der Waals surface area contributed by atoms with Gasteiger partial charge in [0.2, 0.25) is 0 Å². The quantitative estimate of drug-likeness (QED) is 0.787. The molecule has 0 unspecified atom stereocenters. The molecule has 1 aromatic carbocycles. The van der Waals surface area contributed by atoms with Crippen molar-refractivity contribution in [1.29, 1.82) is 5.26 Å². The number of fused-ring (bicyclic) bond motifs is 3. The number of aromatic nitrogens is 2. The van der Waals surface area contributed by atoms with Crippen molar-refractivity contribution in [2.45, 2.75) is 59.4 Å². The smallest absolute Gasteiger partial charge is 0.160 e. The fourth-order valence-electron chi connectivity index (χ4n) is 4.96. The highest BCUT2D eigenvalue weighted by Crippen LogP contribution is 2.49. The molecule has 2 aromatic rings. The topological polar surface area (TPSA) is 61.9 Å². The van der Waals surface area contributed by atoms with Gasteiger partial charge in [-0.25, -0.2) is 4.68 Å². The van der Waals surface area contributed by atoms with Gasteiger partial charge in [0, 0.05) is 23.9 Å². The molecule has 4 rings (SSSR count). The highest BCUT2D eigenvalue weighted by molar-refractivity contribution is 5.94. The molecule has 146 valence electrons. The predicted octanol–water partition coefficient (Wildman–Crippen LogP) is 4.22. The zero-order valence-corrected chi connectivity index (χ0v) is 17.2.